The van der Waals surface area contributed by atoms with Crippen LogP contribution >= 0.6 is 0 Å². The van der Waals surface area contributed by atoms with Gasteiger partial charge in [-0.3, -0.25) is 0 Å². The summed E-state index contributed by atoms with van der Waals surface area (Å²) in [5, 5.41) is 7.75. The maximum atomic E-state index is 2.41. The fourth-order valence-electron chi connectivity index (χ4n) is 9.21. The summed E-state index contributed by atoms with van der Waals surface area (Å²) < 4.78 is 5.33. The Kier molecular flexibility index (Phi) is 8.55. The van der Waals surface area contributed by atoms with Gasteiger partial charge in [0.05, 0.1) is 11.0 Å². The van der Waals surface area contributed by atoms with Gasteiger partial charge in [-0.2, -0.15) is 0 Å². The first kappa shape index (κ1) is 35.5. The molecule has 12 aromatic rings. The second-order valence-corrected chi connectivity index (χ2v) is 18.0. The topological polar surface area (TPSA) is 8.17 Å². The summed E-state index contributed by atoms with van der Waals surface area (Å²) in [4.78, 5) is 2.41. The van der Waals surface area contributed by atoms with Crippen LogP contribution in [0.4, 0.5) is 17.1 Å². The predicted molar refractivity (Wildman–Crippen MR) is 261 cm³/mol. The zero-order valence-electron chi connectivity index (χ0n) is 33.2. The Hall–Kier alpha value is -7.42. The van der Waals surface area contributed by atoms with Crippen molar-refractivity contribution in [2.24, 2.45) is 0 Å². The molecule has 0 saturated heterocycles. The number of nitrogens with zero attached hydrogens (tertiary/aromatic N) is 2. The average molecular weight is 842 g/mol. The number of rotatable bonds is 7. The molecule has 0 aliphatic carbocycles. The molecule has 0 N–H and O–H groups in total. The maximum absolute atomic E-state index is 2.41. The van der Waals surface area contributed by atoms with Crippen molar-refractivity contribution in [1.29, 1.82) is 0 Å². The van der Waals surface area contributed by atoms with Crippen LogP contribution in [0.5, 0.6) is 0 Å². The number of fused-ring (bicyclic) bond motifs is 7. The van der Waals surface area contributed by atoms with Crippen molar-refractivity contribution in [3.05, 3.63) is 231 Å². The first-order chi connectivity index (χ1) is 30.2. The molecule has 0 spiro atoms. The summed E-state index contributed by atoms with van der Waals surface area (Å²) in [6.45, 7) is 0. The molecule has 2 aromatic heterocycles. The van der Waals surface area contributed by atoms with Gasteiger partial charge in [0.15, 0.2) is 0 Å². The standard InChI is InChI=1S/C58H38N2Se/c1-2-14-46(15-3-1)60-55-20-10-7-17-50(55)51-34-28-44(38-56(51)60)41-26-32-48(33-27-41)59(54-19-9-6-16-49(54)45-23-22-39-12-4-5-13-42(39)36-45)47-30-24-40(25-31-47)43-29-35-58-53(37-43)52-18-8-11-21-57(52)61-58/h1-38H. The quantitative estimate of drug-likeness (QED) is 0.145. The van der Waals surface area contributed by atoms with E-state index in [9.17, 15) is 0 Å². The first-order valence-electron chi connectivity index (χ1n) is 20.8. The van der Waals surface area contributed by atoms with Crippen LogP contribution in [0, 0.1) is 0 Å². The molecule has 61 heavy (non-hydrogen) atoms. The van der Waals surface area contributed by atoms with Gasteiger partial charge in [0.1, 0.15) is 0 Å². The number of hydrogen-bond donors (Lipinski definition) is 0. The summed E-state index contributed by atoms with van der Waals surface area (Å²) in [6, 6.07) is 84.6. The van der Waals surface area contributed by atoms with Gasteiger partial charge in [-0.1, -0.05) is 91.0 Å². The number of anilines is 3. The molecule has 2 heterocycles. The summed E-state index contributed by atoms with van der Waals surface area (Å²) >= 11 is 0.359. The molecule has 0 radical (unpaired) electrons. The smallest absolute Gasteiger partial charge is 0.0602 e. The first-order valence-corrected chi connectivity index (χ1v) is 22.5. The molecule has 10 aromatic carbocycles. The third-order valence-corrected chi connectivity index (χ3v) is 14.6. The Morgan fingerprint density at radius 1 is 0.328 bits per heavy atom. The molecule has 12 rings (SSSR count). The van der Waals surface area contributed by atoms with E-state index in [1.807, 2.05) is 0 Å². The van der Waals surface area contributed by atoms with Gasteiger partial charge >= 0.3 is 187 Å². The molecule has 0 atom stereocenters. The van der Waals surface area contributed by atoms with Crippen LogP contribution in [-0.4, -0.2) is 19.1 Å². The molecular weight excluding hydrogens is 804 g/mol. The molecular formula is C58H38N2Se. The summed E-state index contributed by atoms with van der Waals surface area (Å²) in [5.41, 5.74) is 14.1. The van der Waals surface area contributed by atoms with Gasteiger partial charge in [0.2, 0.25) is 0 Å². The Morgan fingerprint density at radius 3 is 1.70 bits per heavy atom. The third-order valence-electron chi connectivity index (χ3n) is 12.2. The average Bonchev–Trinajstić information content (AvgIpc) is 3.87. The number of hydrogen-bond acceptors (Lipinski definition) is 1. The van der Waals surface area contributed by atoms with Crippen molar-refractivity contribution in [2.75, 3.05) is 4.90 Å². The second kappa shape index (κ2) is 14.7. The second-order valence-electron chi connectivity index (χ2n) is 15.7. The van der Waals surface area contributed by atoms with Crippen molar-refractivity contribution in [1.82, 2.24) is 4.57 Å². The SMILES string of the molecule is c1ccc(-n2c3ccccc3c3ccc(-c4ccc(N(c5ccc(-c6ccc7[se]c8ccccc8c7c6)cc5)c5ccccc5-c5ccc6ccccc6c5)cc4)cc32)cc1. The zero-order chi connectivity index (χ0) is 40.3. The van der Waals surface area contributed by atoms with E-state index >= 15 is 0 Å². The molecule has 0 unspecified atom stereocenters. The van der Waals surface area contributed by atoms with E-state index in [4.69, 9.17) is 0 Å². The van der Waals surface area contributed by atoms with Gasteiger partial charge in [0.25, 0.3) is 0 Å². The van der Waals surface area contributed by atoms with E-state index in [1.54, 1.807) is 0 Å². The van der Waals surface area contributed by atoms with Crippen LogP contribution in [-0.2, 0) is 0 Å². The van der Waals surface area contributed by atoms with Crippen molar-refractivity contribution >= 4 is 83.4 Å². The molecule has 0 fully saturated rings. The Morgan fingerprint density at radius 2 is 0.902 bits per heavy atom. The molecule has 0 saturated carbocycles. The molecule has 0 amide bonds. The van der Waals surface area contributed by atoms with Crippen molar-refractivity contribution in [2.45, 2.75) is 0 Å². The minimum atomic E-state index is 0.359. The van der Waals surface area contributed by atoms with Crippen molar-refractivity contribution in [3.63, 3.8) is 0 Å². The van der Waals surface area contributed by atoms with Gasteiger partial charge in [-0.15, -0.1) is 0 Å². The third kappa shape index (κ3) is 6.18. The number of para-hydroxylation sites is 3. The van der Waals surface area contributed by atoms with Crippen LogP contribution in [0.15, 0.2) is 231 Å². The van der Waals surface area contributed by atoms with Gasteiger partial charge in [0, 0.05) is 16.5 Å². The van der Waals surface area contributed by atoms with Gasteiger partial charge in [-0.25, -0.2) is 0 Å². The molecule has 0 bridgehead atoms. The Labute approximate surface area is 360 Å². The van der Waals surface area contributed by atoms with E-state index in [0.29, 0.717) is 14.5 Å². The van der Waals surface area contributed by atoms with E-state index in [2.05, 4.69) is 240 Å². The Balaban J connectivity index is 0.971. The van der Waals surface area contributed by atoms with E-state index < -0.39 is 0 Å². The van der Waals surface area contributed by atoms with E-state index in [1.165, 1.54) is 85.3 Å². The molecule has 3 heteroatoms. The van der Waals surface area contributed by atoms with Crippen LogP contribution in [0.1, 0.15) is 0 Å². The van der Waals surface area contributed by atoms with Gasteiger partial charge < -0.3 is 4.57 Å². The van der Waals surface area contributed by atoms with Crippen molar-refractivity contribution in [3.8, 4) is 39.1 Å². The summed E-state index contributed by atoms with van der Waals surface area (Å²) in [5.74, 6) is 0. The number of aromatic nitrogens is 1. The Bertz CT molecular complexity index is 3580. The fourth-order valence-corrected chi connectivity index (χ4v) is 11.5. The van der Waals surface area contributed by atoms with Crippen LogP contribution in [0.3, 0.4) is 0 Å². The minimum absolute atomic E-state index is 0.359. The van der Waals surface area contributed by atoms with Gasteiger partial charge in [-0.05, 0) is 52.2 Å². The van der Waals surface area contributed by atoms with Crippen LogP contribution in [0.25, 0.3) is 90.9 Å². The van der Waals surface area contributed by atoms with E-state index in [-0.39, 0.29) is 0 Å². The normalized spacial score (nSPS) is 11.6. The molecule has 2 nitrogen and oxygen atoms in total. The monoisotopic (exact) mass is 842 g/mol. The number of benzene rings is 10. The molecule has 286 valence electrons. The summed E-state index contributed by atoms with van der Waals surface area (Å²) in [7, 11) is 0. The zero-order valence-corrected chi connectivity index (χ0v) is 35.0. The minimum Gasteiger partial charge on any atom is -0.0602 e. The van der Waals surface area contributed by atoms with Crippen LogP contribution in [0.2, 0.25) is 0 Å². The molecule has 0 aliphatic heterocycles. The van der Waals surface area contributed by atoms with Crippen molar-refractivity contribution < 1.29 is 0 Å². The predicted octanol–water partition coefficient (Wildman–Crippen LogP) is 15.8. The summed E-state index contributed by atoms with van der Waals surface area (Å²) in [6.07, 6.45) is 0. The molecule has 0 aliphatic rings. The van der Waals surface area contributed by atoms with E-state index in [0.717, 1.165) is 22.7 Å². The fraction of sp³-hybridized carbons (Fsp3) is 0. The van der Waals surface area contributed by atoms with Crippen LogP contribution < -0.4 is 4.90 Å².